The Labute approximate surface area is 191 Å². The molecule has 4 rings (SSSR count). The third kappa shape index (κ3) is 4.85. The number of ether oxygens (including phenoxy) is 2. The predicted octanol–water partition coefficient (Wildman–Crippen LogP) is 3.66. The van der Waals surface area contributed by atoms with Crippen molar-refractivity contribution in [2.75, 3.05) is 25.2 Å². The summed E-state index contributed by atoms with van der Waals surface area (Å²) in [4.78, 5) is 13.2. The number of carbonyl (C=O) groups is 1. The van der Waals surface area contributed by atoms with Crippen molar-refractivity contribution in [3.05, 3.63) is 77.7 Å². The molecule has 0 bridgehead atoms. The number of rotatable bonds is 7. The van der Waals surface area contributed by atoms with Crippen molar-refractivity contribution in [1.82, 2.24) is 5.01 Å². The van der Waals surface area contributed by atoms with E-state index in [0.717, 1.165) is 11.8 Å². The second-order valence-electron chi connectivity index (χ2n) is 7.46. The van der Waals surface area contributed by atoms with E-state index in [9.17, 15) is 13.2 Å². The van der Waals surface area contributed by atoms with E-state index in [1.165, 1.54) is 11.3 Å². The van der Waals surface area contributed by atoms with E-state index < -0.39 is 22.0 Å². The summed E-state index contributed by atoms with van der Waals surface area (Å²) in [5, 5.41) is 5.94. The molecule has 0 radical (unpaired) electrons. The van der Waals surface area contributed by atoms with Crippen LogP contribution in [-0.2, 0) is 10.0 Å². The van der Waals surface area contributed by atoms with Gasteiger partial charge in [-0.05, 0) is 35.9 Å². The summed E-state index contributed by atoms with van der Waals surface area (Å²) in [6.07, 6.45) is 2.84. The van der Waals surface area contributed by atoms with Crippen LogP contribution >= 0.6 is 0 Å². The zero-order chi connectivity index (χ0) is 23.6. The summed E-state index contributed by atoms with van der Waals surface area (Å²) >= 11 is 0. The van der Waals surface area contributed by atoms with Crippen LogP contribution < -0.4 is 14.2 Å². The average Bonchev–Trinajstić information content (AvgIpc) is 3.48. The van der Waals surface area contributed by atoms with E-state index in [2.05, 4.69) is 9.82 Å². The van der Waals surface area contributed by atoms with Crippen LogP contribution in [0, 0.1) is 0 Å². The van der Waals surface area contributed by atoms with Gasteiger partial charge in [-0.2, -0.15) is 5.10 Å². The van der Waals surface area contributed by atoms with Crippen molar-refractivity contribution in [2.24, 2.45) is 5.10 Å². The fourth-order valence-electron chi connectivity index (χ4n) is 3.68. The number of hydrogen-bond acceptors (Lipinski definition) is 7. The van der Waals surface area contributed by atoms with Crippen LogP contribution in [0.5, 0.6) is 11.5 Å². The Balaban J connectivity index is 1.79. The third-order valence-electron chi connectivity index (χ3n) is 5.14. The van der Waals surface area contributed by atoms with Crippen molar-refractivity contribution in [2.45, 2.75) is 12.5 Å². The van der Waals surface area contributed by atoms with Crippen molar-refractivity contribution in [3.63, 3.8) is 0 Å². The Kier molecular flexibility index (Phi) is 6.10. The van der Waals surface area contributed by atoms with Crippen molar-refractivity contribution in [3.8, 4) is 11.5 Å². The van der Waals surface area contributed by atoms with Crippen molar-refractivity contribution in [1.29, 1.82) is 0 Å². The molecule has 1 N–H and O–H groups in total. The van der Waals surface area contributed by atoms with Crippen LogP contribution in [0.1, 0.15) is 34.1 Å². The fraction of sp³-hybridized carbons (Fsp3) is 0.217. The molecule has 0 saturated heterocycles. The minimum absolute atomic E-state index is 0.141. The predicted molar refractivity (Wildman–Crippen MR) is 123 cm³/mol. The van der Waals surface area contributed by atoms with Crippen molar-refractivity contribution < 1.29 is 27.1 Å². The molecule has 0 fully saturated rings. The monoisotopic (exact) mass is 469 g/mol. The zero-order valence-electron chi connectivity index (χ0n) is 18.3. The lowest BCUT2D eigenvalue weighted by atomic mass is 9.97. The van der Waals surface area contributed by atoms with E-state index in [-0.39, 0.29) is 5.76 Å². The van der Waals surface area contributed by atoms with Crippen LogP contribution in [-0.4, -0.2) is 45.5 Å². The molecule has 2 heterocycles. The molecule has 1 unspecified atom stereocenters. The van der Waals surface area contributed by atoms with Gasteiger partial charge in [-0.25, -0.2) is 13.4 Å². The number of para-hydroxylation sites is 1. The lowest BCUT2D eigenvalue weighted by Gasteiger charge is -2.22. The quantitative estimate of drug-likeness (QED) is 0.565. The Morgan fingerprint density at radius 2 is 1.79 bits per heavy atom. The van der Waals surface area contributed by atoms with Gasteiger partial charge in [0.25, 0.3) is 0 Å². The molecular formula is C23H23N3O6S. The number of carbonyl (C=O) groups excluding carboxylic acids is 1. The molecule has 2 aromatic carbocycles. The first kappa shape index (κ1) is 22.4. The molecule has 0 spiro atoms. The Bertz CT molecular complexity index is 1280. The minimum atomic E-state index is -3.51. The molecule has 1 amide bonds. The van der Waals surface area contributed by atoms with E-state index >= 15 is 0 Å². The summed E-state index contributed by atoms with van der Waals surface area (Å²) < 4.78 is 42.4. The van der Waals surface area contributed by atoms with Gasteiger partial charge >= 0.3 is 5.91 Å². The first-order chi connectivity index (χ1) is 15.8. The van der Waals surface area contributed by atoms with Gasteiger partial charge in [0.2, 0.25) is 10.0 Å². The average molecular weight is 470 g/mol. The highest BCUT2D eigenvalue weighted by molar-refractivity contribution is 7.92. The van der Waals surface area contributed by atoms with Gasteiger partial charge in [-0.15, -0.1) is 0 Å². The Hall–Kier alpha value is -3.79. The van der Waals surface area contributed by atoms with Gasteiger partial charge in [-0.1, -0.05) is 18.2 Å². The van der Waals surface area contributed by atoms with E-state index in [1.807, 2.05) is 12.1 Å². The van der Waals surface area contributed by atoms with Gasteiger partial charge in [0.05, 0.1) is 44.2 Å². The van der Waals surface area contributed by atoms with Crippen molar-refractivity contribution >= 4 is 27.3 Å². The van der Waals surface area contributed by atoms with E-state index in [0.29, 0.717) is 34.9 Å². The lowest BCUT2D eigenvalue weighted by Crippen LogP contribution is -2.26. The molecule has 9 nitrogen and oxygen atoms in total. The molecule has 10 heteroatoms. The molecule has 1 aliphatic heterocycles. The molecule has 33 heavy (non-hydrogen) atoms. The Morgan fingerprint density at radius 1 is 1.09 bits per heavy atom. The Morgan fingerprint density at radius 3 is 2.39 bits per heavy atom. The maximum absolute atomic E-state index is 13.2. The van der Waals surface area contributed by atoms with E-state index in [1.54, 1.807) is 56.7 Å². The number of hydrazone groups is 1. The van der Waals surface area contributed by atoms with Crippen LogP contribution in [0.4, 0.5) is 5.69 Å². The fourth-order valence-corrected chi connectivity index (χ4v) is 4.26. The van der Waals surface area contributed by atoms with Crippen LogP contribution in [0.2, 0.25) is 0 Å². The normalized spacial score (nSPS) is 15.8. The first-order valence-corrected chi connectivity index (χ1v) is 11.9. The molecular weight excluding hydrogens is 446 g/mol. The zero-order valence-corrected chi connectivity index (χ0v) is 19.1. The van der Waals surface area contributed by atoms with Gasteiger partial charge in [0, 0.05) is 18.1 Å². The highest BCUT2D eigenvalue weighted by atomic mass is 32.2. The summed E-state index contributed by atoms with van der Waals surface area (Å²) in [5.74, 6) is 0.863. The maximum Gasteiger partial charge on any atom is 0.310 e. The highest BCUT2D eigenvalue weighted by Gasteiger charge is 2.36. The molecule has 1 atom stereocenters. The maximum atomic E-state index is 13.2. The van der Waals surface area contributed by atoms with Crippen LogP contribution in [0.3, 0.4) is 0 Å². The van der Waals surface area contributed by atoms with Gasteiger partial charge < -0.3 is 13.9 Å². The number of methoxy groups -OCH3 is 2. The molecule has 172 valence electrons. The second kappa shape index (κ2) is 8.99. The summed E-state index contributed by atoms with van der Waals surface area (Å²) in [5.41, 5.74) is 2.26. The minimum Gasteiger partial charge on any atom is -0.497 e. The third-order valence-corrected chi connectivity index (χ3v) is 5.73. The number of sulfonamides is 1. The molecule has 0 saturated carbocycles. The topological polar surface area (TPSA) is 110 Å². The van der Waals surface area contributed by atoms with Gasteiger partial charge in [-0.3, -0.25) is 9.52 Å². The number of hydrogen-bond donors (Lipinski definition) is 1. The van der Waals surface area contributed by atoms with Crippen LogP contribution in [0.25, 0.3) is 0 Å². The molecule has 0 aliphatic carbocycles. The molecule has 1 aromatic heterocycles. The number of benzene rings is 2. The number of amides is 1. The second-order valence-corrected chi connectivity index (χ2v) is 9.21. The number of anilines is 1. The summed E-state index contributed by atoms with van der Waals surface area (Å²) in [6.45, 7) is 0. The largest absolute Gasteiger partial charge is 0.497 e. The molecule has 3 aromatic rings. The summed E-state index contributed by atoms with van der Waals surface area (Å²) in [6, 6.07) is 15.0. The number of nitrogens with one attached hydrogen (secondary N) is 1. The molecule has 1 aliphatic rings. The SMILES string of the molecule is COc1cc(OC)cc(C2CC(c3ccccc3NS(C)(=O)=O)=NN2C(=O)c2ccco2)c1. The standard InChI is InChI=1S/C23H23N3O6S/c1-30-16-11-15(12-17(13-16)31-2)21-14-20(24-26(21)23(27)22-9-6-10-32-22)18-7-4-5-8-19(18)25-33(3,28)29/h4-13,21,25H,14H2,1-3H3. The van der Waals surface area contributed by atoms with E-state index in [4.69, 9.17) is 13.9 Å². The number of furan rings is 1. The van der Waals surface area contributed by atoms with Crippen LogP contribution in [0.15, 0.2) is 70.4 Å². The van der Waals surface area contributed by atoms with Gasteiger partial charge in [0.15, 0.2) is 5.76 Å². The van der Waals surface area contributed by atoms with Gasteiger partial charge in [0.1, 0.15) is 11.5 Å². The lowest BCUT2D eigenvalue weighted by molar-refractivity contribution is 0.0678. The smallest absolute Gasteiger partial charge is 0.310 e. The summed E-state index contributed by atoms with van der Waals surface area (Å²) in [7, 11) is -0.413. The highest BCUT2D eigenvalue weighted by Crippen LogP contribution is 2.38. The first-order valence-electron chi connectivity index (χ1n) is 10.0. The number of nitrogens with zero attached hydrogens (tertiary/aromatic N) is 2.